The van der Waals surface area contributed by atoms with Crippen LogP contribution in [0.1, 0.15) is 39.0 Å². The van der Waals surface area contributed by atoms with Gasteiger partial charge in [-0.3, -0.25) is 20.0 Å². The summed E-state index contributed by atoms with van der Waals surface area (Å²) in [5.74, 6) is -0.835. The van der Waals surface area contributed by atoms with Gasteiger partial charge in [0.1, 0.15) is 11.4 Å². The monoisotopic (exact) mass is 660 g/mol. The van der Waals surface area contributed by atoms with Crippen molar-refractivity contribution < 1.29 is 22.8 Å². The average molecular weight is 661 g/mol. The number of carbonyl (C=O) groups excluding carboxylic acids is 2. The van der Waals surface area contributed by atoms with E-state index in [2.05, 4.69) is 48.8 Å². The van der Waals surface area contributed by atoms with Crippen molar-refractivity contribution >= 4 is 51.7 Å². The van der Waals surface area contributed by atoms with Crippen molar-refractivity contribution in [1.29, 1.82) is 0 Å². The predicted molar refractivity (Wildman–Crippen MR) is 142 cm³/mol. The molecule has 3 aromatic rings. The first kappa shape index (κ1) is 27.7. The molecule has 0 atom stereocenters. The van der Waals surface area contributed by atoms with Crippen LogP contribution >= 0.6 is 34.2 Å². The van der Waals surface area contributed by atoms with E-state index >= 15 is 0 Å². The number of aromatic nitrogens is 3. The van der Waals surface area contributed by atoms with Crippen molar-refractivity contribution in [2.75, 3.05) is 11.9 Å². The summed E-state index contributed by atoms with van der Waals surface area (Å²) in [5.41, 5.74) is 4.96. The molecule has 2 amide bonds. The number of anilines is 1. The van der Waals surface area contributed by atoms with Gasteiger partial charge in [0.2, 0.25) is 0 Å². The van der Waals surface area contributed by atoms with Gasteiger partial charge in [0, 0.05) is 22.5 Å². The Labute approximate surface area is 233 Å². The van der Waals surface area contributed by atoms with Crippen LogP contribution in [0.4, 0.5) is 18.9 Å². The minimum absolute atomic E-state index is 0.00702. The van der Waals surface area contributed by atoms with Crippen LogP contribution in [-0.4, -0.2) is 44.3 Å². The zero-order valence-electron chi connectivity index (χ0n) is 20.0. The third-order valence-corrected chi connectivity index (χ3v) is 6.23. The zero-order valence-corrected chi connectivity index (χ0v) is 22.9. The van der Waals surface area contributed by atoms with E-state index in [0.29, 0.717) is 17.8 Å². The zero-order chi connectivity index (χ0) is 27.6. The summed E-state index contributed by atoms with van der Waals surface area (Å²) in [6.45, 7) is 3.81. The maximum Gasteiger partial charge on any atom is 0.433 e. The molecular weight excluding hydrogens is 640 g/mol. The summed E-state index contributed by atoms with van der Waals surface area (Å²) in [5, 5.41) is 11.2. The summed E-state index contributed by atoms with van der Waals surface area (Å²) in [4.78, 5) is 30.5. The lowest BCUT2D eigenvalue weighted by molar-refractivity contribution is -0.0965. The van der Waals surface area contributed by atoms with Crippen LogP contribution in [0, 0.1) is 10.5 Å². The number of rotatable bonds is 7. The molecule has 38 heavy (non-hydrogen) atoms. The van der Waals surface area contributed by atoms with Crippen LogP contribution in [-0.2, 0) is 6.54 Å². The highest BCUT2D eigenvalue weighted by atomic mass is 127. The molecule has 0 saturated heterocycles. The first-order valence-electron chi connectivity index (χ1n) is 11.1. The van der Waals surface area contributed by atoms with Crippen molar-refractivity contribution in [2.45, 2.75) is 26.6 Å². The number of alkyl halides is 3. The number of amides is 2. The molecule has 0 spiro atoms. The van der Waals surface area contributed by atoms with E-state index in [-0.39, 0.29) is 40.2 Å². The molecule has 4 rings (SSSR count). The lowest BCUT2D eigenvalue weighted by Crippen LogP contribution is -2.38. The highest BCUT2D eigenvalue weighted by molar-refractivity contribution is 14.1. The molecule has 0 fully saturated rings. The van der Waals surface area contributed by atoms with Gasteiger partial charge < -0.3 is 10.6 Å². The van der Waals surface area contributed by atoms with Crippen molar-refractivity contribution in [3.63, 3.8) is 0 Å². The van der Waals surface area contributed by atoms with Gasteiger partial charge in [-0.15, -0.1) is 5.53 Å². The highest BCUT2D eigenvalue weighted by Gasteiger charge is 2.37. The number of nitrogens with zero attached hydrogens (tertiary/aromatic N) is 4. The van der Waals surface area contributed by atoms with Crippen LogP contribution in [0.25, 0.3) is 5.82 Å². The number of halogens is 5. The van der Waals surface area contributed by atoms with Crippen molar-refractivity contribution in [1.82, 2.24) is 36.1 Å². The molecule has 3 heterocycles. The van der Waals surface area contributed by atoms with E-state index in [4.69, 9.17) is 11.6 Å². The molecule has 0 unspecified atom stereocenters. The molecule has 1 aliphatic rings. The topological polar surface area (TPSA) is 116 Å². The van der Waals surface area contributed by atoms with Gasteiger partial charge >= 0.3 is 6.18 Å². The standard InChI is InChI=1S/C23H21ClF3IN8O2/c1-3-29-21(37)15-8-13(28)7-12(2)19(15)31-22(38)17-9-14(10-35-11-18(32-34-35)23(25,26)27)33-36(17)20-16(24)5-4-6-30-20/h4-9,11,32,34H,3,10H2,1-2H3,(H,29,37)(H,31,38). The molecule has 15 heteroatoms. The normalized spacial score (nSPS) is 13.2. The number of hydrazine groups is 2. The van der Waals surface area contributed by atoms with Gasteiger partial charge in [-0.05, 0) is 72.3 Å². The molecule has 0 aliphatic carbocycles. The SMILES string of the molecule is CCNC(=O)c1cc(I)cc(C)c1NC(=O)c1cc(CN2C=C(C(F)(F)F)NN2)nn1-c1ncccc1Cl. The minimum atomic E-state index is -4.57. The Morgan fingerprint density at radius 1 is 1.21 bits per heavy atom. The Balaban J connectivity index is 1.71. The molecule has 1 aromatic carbocycles. The number of allylic oxidation sites excluding steroid dienone is 1. The van der Waals surface area contributed by atoms with Crippen LogP contribution in [0.15, 0.2) is 48.4 Å². The first-order chi connectivity index (χ1) is 18.0. The van der Waals surface area contributed by atoms with Crippen LogP contribution in [0.5, 0.6) is 0 Å². The summed E-state index contributed by atoms with van der Waals surface area (Å²) in [6, 6.07) is 8.05. The maximum atomic E-state index is 13.5. The quantitative estimate of drug-likeness (QED) is 0.283. The van der Waals surface area contributed by atoms with Crippen molar-refractivity contribution in [3.05, 3.63) is 79.5 Å². The van der Waals surface area contributed by atoms with Gasteiger partial charge in [-0.25, -0.2) is 9.67 Å². The number of carbonyl (C=O) groups is 2. The summed E-state index contributed by atoms with van der Waals surface area (Å²) in [6.07, 6.45) is -2.26. The van der Waals surface area contributed by atoms with E-state index in [1.807, 2.05) is 11.5 Å². The number of hydrogen-bond donors (Lipinski definition) is 4. The Morgan fingerprint density at radius 3 is 2.63 bits per heavy atom. The van der Waals surface area contributed by atoms with E-state index in [1.165, 1.54) is 16.9 Å². The number of nitrogens with one attached hydrogen (secondary N) is 4. The Kier molecular flexibility index (Phi) is 8.13. The second-order valence-corrected chi connectivity index (χ2v) is 9.76. The fourth-order valence-corrected chi connectivity index (χ4v) is 4.62. The van der Waals surface area contributed by atoms with E-state index < -0.39 is 17.8 Å². The molecule has 1 aliphatic heterocycles. The largest absolute Gasteiger partial charge is 0.433 e. The average Bonchev–Trinajstić information content (AvgIpc) is 3.49. The third-order valence-electron chi connectivity index (χ3n) is 5.31. The predicted octanol–water partition coefficient (Wildman–Crippen LogP) is 4.06. The maximum absolute atomic E-state index is 13.5. The van der Waals surface area contributed by atoms with Crippen LogP contribution in [0.3, 0.4) is 0 Å². The molecule has 0 radical (unpaired) electrons. The Bertz CT molecular complexity index is 1430. The Morgan fingerprint density at radius 2 is 1.97 bits per heavy atom. The lowest BCUT2D eigenvalue weighted by Gasteiger charge is -2.15. The van der Waals surface area contributed by atoms with Gasteiger partial charge in [0.15, 0.2) is 5.82 Å². The molecule has 2 aromatic heterocycles. The van der Waals surface area contributed by atoms with Crippen molar-refractivity contribution in [2.24, 2.45) is 0 Å². The minimum Gasteiger partial charge on any atom is -0.352 e. The number of hydrogen-bond acceptors (Lipinski definition) is 7. The summed E-state index contributed by atoms with van der Waals surface area (Å²) < 4.78 is 41.0. The summed E-state index contributed by atoms with van der Waals surface area (Å²) >= 11 is 8.40. The smallest absolute Gasteiger partial charge is 0.352 e. The Hall–Kier alpha value is -3.37. The van der Waals surface area contributed by atoms with E-state index in [1.54, 1.807) is 32.0 Å². The first-order valence-corrected chi connectivity index (χ1v) is 12.6. The second-order valence-electron chi connectivity index (χ2n) is 8.11. The van der Waals surface area contributed by atoms with Gasteiger partial charge in [0.05, 0.1) is 28.5 Å². The van der Waals surface area contributed by atoms with Gasteiger partial charge in [0.25, 0.3) is 11.8 Å². The van der Waals surface area contributed by atoms with Crippen LogP contribution in [0.2, 0.25) is 5.02 Å². The van der Waals surface area contributed by atoms with Crippen LogP contribution < -0.4 is 21.6 Å². The van der Waals surface area contributed by atoms with E-state index in [0.717, 1.165) is 14.8 Å². The lowest BCUT2D eigenvalue weighted by atomic mass is 10.1. The second kappa shape index (κ2) is 11.2. The van der Waals surface area contributed by atoms with Gasteiger partial charge in [-0.1, -0.05) is 11.6 Å². The number of benzene rings is 1. The number of pyridine rings is 1. The van der Waals surface area contributed by atoms with E-state index in [9.17, 15) is 22.8 Å². The molecule has 0 bridgehead atoms. The number of aryl methyl sites for hydroxylation is 1. The fourth-order valence-electron chi connectivity index (χ4n) is 3.64. The molecule has 4 N–H and O–H groups in total. The molecular formula is C23H21ClF3IN8O2. The molecule has 0 saturated carbocycles. The molecule has 10 nitrogen and oxygen atoms in total. The van der Waals surface area contributed by atoms with Gasteiger partial charge in [-0.2, -0.15) is 18.3 Å². The summed E-state index contributed by atoms with van der Waals surface area (Å²) in [7, 11) is 0. The highest BCUT2D eigenvalue weighted by Crippen LogP contribution is 2.28. The molecule has 200 valence electrons. The third kappa shape index (κ3) is 6.02. The van der Waals surface area contributed by atoms with Crippen molar-refractivity contribution in [3.8, 4) is 5.82 Å². The fraction of sp³-hybridized carbons (Fsp3) is 0.217.